The molecule has 2 N–H and O–H groups in total. The van der Waals surface area contributed by atoms with Crippen LogP contribution >= 0.6 is 0 Å². The van der Waals surface area contributed by atoms with Crippen molar-refractivity contribution in [3.63, 3.8) is 0 Å². The Morgan fingerprint density at radius 1 is 1.29 bits per heavy atom. The average Bonchev–Trinajstić information content (AvgIpc) is 2.90. The summed E-state index contributed by atoms with van der Waals surface area (Å²) in [5, 5.41) is 0. The third-order valence-corrected chi connectivity index (χ3v) is 4.91. The molecule has 2 aromatic rings. The molecule has 1 aromatic heterocycles. The van der Waals surface area contributed by atoms with Crippen LogP contribution in [0.2, 0.25) is 0 Å². The number of rotatable bonds is 6. The van der Waals surface area contributed by atoms with Gasteiger partial charge in [0.05, 0.1) is 12.0 Å². The molecule has 1 heterocycles. The number of aromatic nitrogens is 2. The number of H-pyrrole nitrogens is 1. The third kappa shape index (κ3) is 3.62. The molecular formula is C14H19N3O3S. The molecule has 0 spiro atoms. The summed E-state index contributed by atoms with van der Waals surface area (Å²) in [6, 6.07) is 3.43. The number of benzene rings is 1. The van der Waals surface area contributed by atoms with Gasteiger partial charge in [-0.15, -0.1) is 0 Å². The van der Waals surface area contributed by atoms with Gasteiger partial charge in [0.15, 0.2) is 0 Å². The second kappa shape index (κ2) is 6.28. The van der Waals surface area contributed by atoms with E-state index in [9.17, 15) is 8.42 Å². The molecule has 0 saturated carbocycles. The summed E-state index contributed by atoms with van der Waals surface area (Å²) >= 11 is 0. The van der Waals surface area contributed by atoms with Crippen LogP contribution in [0.4, 0.5) is 0 Å². The Balaban J connectivity index is 2.15. The summed E-state index contributed by atoms with van der Waals surface area (Å²) in [5.74, 6) is 1.40. The normalized spacial score (nSPS) is 11.6. The van der Waals surface area contributed by atoms with Gasteiger partial charge in [0.1, 0.15) is 11.6 Å². The lowest BCUT2D eigenvalue weighted by Gasteiger charge is -2.13. The molecule has 0 atom stereocenters. The van der Waals surface area contributed by atoms with Crippen LogP contribution in [0.25, 0.3) is 0 Å². The van der Waals surface area contributed by atoms with Gasteiger partial charge in [0.2, 0.25) is 10.0 Å². The van der Waals surface area contributed by atoms with E-state index in [1.165, 1.54) is 0 Å². The van der Waals surface area contributed by atoms with Gasteiger partial charge in [-0.1, -0.05) is 0 Å². The van der Waals surface area contributed by atoms with Gasteiger partial charge in [0.25, 0.3) is 0 Å². The van der Waals surface area contributed by atoms with Crippen LogP contribution in [0.15, 0.2) is 29.4 Å². The van der Waals surface area contributed by atoms with Crippen LogP contribution in [0, 0.1) is 13.8 Å². The Labute approximate surface area is 124 Å². The number of nitrogens with zero attached hydrogens (tertiary/aromatic N) is 1. The van der Waals surface area contributed by atoms with E-state index in [4.69, 9.17) is 4.74 Å². The quantitative estimate of drug-likeness (QED) is 0.848. The van der Waals surface area contributed by atoms with Crippen LogP contribution in [0.5, 0.6) is 5.75 Å². The topological polar surface area (TPSA) is 84.1 Å². The smallest absolute Gasteiger partial charge is 0.241 e. The minimum Gasteiger partial charge on any atom is -0.497 e. The van der Waals surface area contributed by atoms with E-state index in [1.807, 2.05) is 0 Å². The van der Waals surface area contributed by atoms with Gasteiger partial charge in [-0.2, -0.15) is 0 Å². The molecule has 0 amide bonds. The first-order valence-electron chi connectivity index (χ1n) is 6.57. The van der Waals surface area contributed by atoms with Crippen LogP contribution < -0.4 is 9.46 Å². The number of hydrogen-bond donors (Lipinski definition) is 2. The highest BCUT2D eigenvalue weighted by molar-refractivity contribution is 7.89. The summed E-state index contributed by atoms with van der Waals surface area (Å²) in [6.07, 6.45) is 3.86. The second-order valence-corrected chi connectivity index (χ2v) is 6.48. The fraction of sp³-hybridized carbons (Fsp3) is 0.357. The van der Waals surface area contributed by atoms with Crippen LogP contribution in [-0.2, 0) is 16.4 Å². The number of aryl methyl sites for hydroxylation is 2. The molecule has 0 bridgehead atoms. The van der Waals surface area contributed by atoms with Crippen LogP contribution in [0.3, 0.4) is 0 Å². The number of sulfonamides is 1. The maximum Gasteiger partial charge on any atom is 0.241 e. The molecule has 7 heteroatoms. The second-order valence-electron chi connectivity index (χ2n) is 4.77. The summed E-state index contributed by atoms with van der Waals surface area (Å²) in [4.78, 5) is 7.31. The molecule has 0 saturated heterocycles. The zero-order chi connectivity index (χ0) is 15.5. The highest BCUT2D eigenvalue weighted by Gasteiger charge is 2.20. The van der Waals surface area contributed by atoms with Gasteiger partial charge in [-0.3, -0.25) is 0 Å². The van der Waals surface area contributed by atoms with Crippen LogP contribution in [0.1, 0.15) is 17.0 Å². The number of aromatic amines is 1. The zero-order valence-electron chi connectivity index (χ0n) is 12.3. The van der Waals surface area contributed by atoms with E-state index in [0.29, 0.717) is 34.7 Å². The van der Waals surface area contributed by atoms with Gasteiger partial charge in [-0.05, 0) is 37.1 Å². The maximum absolute atomic E-state index is 12.4. The molecule has 6 nitrogen and oxygen atoms in total. The highest BCUT2D eigenvalue weighted by atomic mass is 32.2. The van der Waals surface area contributed by atoms with Gasteiger partial charge >= 0.3 is 0 Å². The Bertz CT molecular complexity index is 686. The number of methoxy groups -OCH3 is 1. The Morgan fingerprint density at radius 2 is 1.95 bits per heavy atom. The van der Waals surface area contributed by atoms with Crippen molar-refractivity contribution in [1.82, 2.24) is 14.7 Å². The Morgan fingerprint density at radius 3 is 2.48 bits per heavy atom. The lowest BCUT2D eigenvalue weighted by Crippen LogP contribution is -2.27. The zero-order valence-corrected chi connectivity index (χ0v) is 13.1. The minimum absolute atomic E-state index is 0.292. The average molecular weight is 309 g/mol. The van der Waals surface area contributed by atoms with E-state index < -0.39 is 10.0 Å². The number of ether oxygens (including phenoxy) is 1. The maximum atomic E-state index is 12.4. The molecule has 0 fully saturated rings. The molecule has 0 unspecified atom stereocenters. The molecule has 114 valence electrons. The van der Waals surface area contributed by atoms with Crippen molar-refractivity contribution in [2.75, 3.05) is 13.7 Å². The number of hydrogen-bond acceptors (Lipinski definition) is 4. The van der Waals surface area contributed by atoms with Gasteiger partial charge < -0.3 is 9.72 Å². The predicted molar refractivity (Wildman–Crippen MR) is 79.9 cm³/mol. The fourth-order valence-electron chi connectivity index (χ4n) is 2.26. The van der Waals surface area contributed by atoms with E-state index >= 15 is 0 Å². The first-order valence-corrected chi connectivity index (χ1v) is 8.05. The van der Waals surface area contributed by atoms with E-state index in [2.05, 4.69) is 14.7 Å². The lowest BCUT2D eigenvalue weighted by molar-refractivity contribution is 0.413. The van der Waals surface area contributed by atoms with Gasteiger partial charge in [0, 0.05) is 25.4 Å². The van der Waals surface area contributed by atoms with Crippen molar-refractivity contribution < 1.29 is 13.2 Å². The van der Waals surface area contributed by atoms with Crippen LogP contribution in [-0.4, -0.2) is 32.0 Å². The van der Waals surface area contributed by atoms with E-state index in [-0.39, 0.29) is 0 Å². The first kappa shape index (κ1) is 15.5. The summed E-state index contributed by atoms with van der Waals surface area (Å²) in [6.45, 7) is 3.81. The monoisotopic (exact) mass is 309 g/mol. The summed E-state index contributed by atoms with van der Waals surface area (Å²) in [7, 11) is -1.99. The molecule has 21 heavy (non-hydrogen) atoms. The van der Waals surface area contributed by atoms with Crippen molar-refractivity contribution in [3.8, 4) is 5.75 Å². The highest BCUT2D eigenvalue weighted by Crippen LogP contribution is 2.25. The fourth-order valence-corrected chi connectivity index (χ4v) is 3.74. The largest absolute Gasteiger partial charge is 0.497 e. The SMILES string of the molecule is COc1cc(C)c(S(=O)(=O)NCCc2ncc[nH]2)c(C)c1. The molecule has 0 aliphatic carbocycles. The van der Waals surface area contributed by atoms with E-state index in [1.54, 1.807) is 45.5 Å². The molecule has 1 aromatic carbocycles. The van der Waals surface area contributed by atoms with E-state index in [0.717, 1.165) is 5.82 Å². The van der Waals surface area contributed by atoms with Crippen molar-refractivity contribution >= 4 is 10.0 Å². The van der Waals surface area contributed by atoms with Gasteiger partial charge in [-0.25, -0.2) is 18.1 Å². The standard InChI is InChI=1S/C14H19N3O3S/c1-10-8-12(20-3)9-11(2)14(10)21(18,19)17-5-4-13-15-6-7-16-13/h6-9,17H,4-5H2,1-3H3,(H,15,16). The van der Waals surface area contributed by atoms with Crippen molar-refractivity contribution in [3.05, 3.63) is 41.5 Å². The summed E-state index contributed by atoms with van der Waals surface area (Å²) < 4.78 is 32.6. The number of nitrogens with one attached hydrogen (secondary N) is 2. The third-order valence-electron chi connectivity index (χ3n) is 3.15. The van der Waals surface area contributed by atoms with Crippen molar-refractivity contribution in [2.45, 2.75) is 25.2 Å². The first-order chi connectivity index (χ1) is 9.94. The summed E-state index contributed by atoms with van der Waals surface area (Å²) in [5.41, 5.74) is 1.33. The Kier molecular flexibility index (Phi) is 4.64. The molecule has 0 radical (unpaired) electrons. The Hall–Kier alpha value is -1.86. The molecular weight excluding hydrogens is 290 g/mol. The lowest BCUT2D eigenvalue weighted by atomic mass is 10.1. The number of imidazole rings is 1. The van der Waals surface area contributed by atoms with Crippen molar-refractivity contribution in [1.29, 1.82) is 0 Å². The molecule has 0 aliphatic rings. The van der Waals surface area contributed by atoms with Crippen molar-refractivity contribution in [2.24, 2.45) is 0 Å². The minimum atomic E-state index is -3.55. The molecule has 0 aliphatic heterocycles. The molecule has 2 rings (SSSR count). The predicted octanol–water partition coefficient (Wildman–Crippen LogP) is 1.56.